The number of nitrogens with zero attached hydrogens (tertiary/aromatic N) is 1. The van der Waals surface area contributed by atoms with Gasteiger partial charge in [0.1, 0.15) is 5.69 Å². The molecule has 0 amide bonds. The number of hydrogen-bond acceptors (Lipinski definition) is 2. The third-order valence-electron chi connectivity index (χ3n) is 2.76. The average molecular weight is 435 g/mol. The van der Waals surface area contributed by atoms with Gasteiger partial charge < -0.3 is 12.6 Å². The molecule has 0 saturated carbocycles. The van der Waals surface area contributed by atoms with Crippen LogP contribution in [0.1, 0.15) is 11.1 Å². The van der Waals surface area contributed by atoms with Crippen LogP contribution in [0.5, 0.6) is 0 Å². The number of rotatable bonds is 2. The fourth-order valence-corrected chi connectivity index (χ4v) is 1.81. The topological polar surface area (TPSA) is 12.4 Å². The summed E-state index contributed by atoms with van der Waals surface area (Å²) in [6, 6.07) is 4.87. The summed E-state index contributed by atoms with van der Waals surface area (Å²) in [5.41, 5.74) is -0.178. The van der Waals surface area contributed by atoms with E-state index in [4.69, 9.17) is 31.2 Å². The van der Waals surface area contributed by atoms with Crippen LogP contribution < -0.4 is 0 Å². The molecule has 0 aromatic heterocycles. The molecule has 10 heteroatoms. The van der Waals surface area contributed by atoms with Gasteiger partial charge in [0, 0.05) is 6.21 Å². The Morgan fingerprint density at radius 2 is 1.42 bits per heavy atom. The summed E-state index contributed by atoms with van der Waals surface area (Å²) in [7, 11) is 9.78. The Kier molecular flexibility index (Phi) is 8.60. The molecule has 0 aliphatic heterocycles. The minimum absolute atomic E-state index is 0.342. The Balaban J connectivity index is 0.000000891. The van der Waals surface area contributed by atoms with Crippen molar-refractivity contribution in [3.05, 3.63) is 58.4 Å². The Bertz CT molecular complexity index is 744. The summed E-state index contributed by atoms with van der Waals surface area (Å²) >= 11 is 4.50. The van der Waals surface area contributed by atoms with Gasteiger partial charge in [-0.05, 0) is 12.5 Å². The molecule has 0 spiro atoms. The number of aliphatic imine (C=N–C) groups is 1. The standard InChI is InChI=1S/C14H8F5NS.2ClH.Ti/c1-6-3-2-4-7(14(6)21)5-20-13-11(18)9(16)8(15)10(17)12(13)19;;;/h2-5,21H,1H3;2*1H;/q;;;+2/p-3. The van der Waals surface area contributed by atoms with E-state index in [2.05, 4.69) is 4.99 Å². The molecule has 128 valence electrons. The van der Waals surface area contributed by atoms with E-state index < -0.39 is 51.8 Å². The van der Waals surface area contributed by atoms with Crippen LogP contribution in [0.3, 0.4) is 0 Å². The van der Waals surface area contributed by atoms with Crippen molar-refractivity contribution in [3.63, 3.8) is 0 Å². The first-order valence-corrected chi connectivity index (χ1v) is 10.7. The molecule has 2 aromatic carbocycles. The van der Waals surface area contributed by atoms with Crippen molar-refractivity contribution >= 4 is 43.1 Å². The van der Waals surface area contributed by atoms with Crippen molar-refractivity contribution in [1.82, 2.24) is 0 Å². The van der Waals surface area contributed by atoms with Gasteiger partial charge >= 0.3 is 35.6 Å². The van der Waals surface area contributed by atoms with Crippen LogP contribution in [0.15, 0.2) is 28.1 Å². The van der Waals surface area contributed by atoms with Gasteiger partial charge in [0.25, 0.3) is 0 Å². The van der Waals surface area contributed by atoms with Crippen LogP contribution in [-0.4, -0.2) is 6.21 Å². The van der Waals surface area contributed by atoms with Crippen molar-refractivity contribution in [2.45, 2.75) is 11.8 Å². The van der Waals surface area contributed by atoms with Crippen molar-refractivity contribution in [2.24, 2.45) is 4.99 Å². The van der Waals surface area contributed by atoms with E-state index in [9.17, 15) is 22.0 Å². The zero-order valence-corrected chi connectivity index (χ0v) is 15.7. The maximum atomic E-state index is 13.4. The molecule has 2 aromatic rings. The van der Waals surface area contributed by atoms with Gasteiger partial charge in [0.2, 0.25) is 5.82 Å². The van der Waals surface area contributed by atoms with Gasteiger partial charge in [-0.15, -0.1) is 0 Å². The summed E-state index contributed by atoms with van der Waals surface area (Å²) in [6.07, 6.45) is 0.966. The first-order chi connectivity index (χ1) is 11.3. The monoisotopic (exact) mass is 434 g/mol. The molecular formula is C14H7Cl2F5NSTi-. The van der Waals surface area contributed by atoms with E-state index in [1.54, 1.807) is 19.1 Å². The SMILES string of the molecule is Cc1cccc(C=Nc2c(F)c(F)c(F)c(F)c2F)c1[S-].[Cl][Ti][Cl]. The van der Waals surface area contributed by atoms with E-state index in [0.717, 1.165) is 11.8 Å². The van der Waals surface area contributed by atoms with Gasteiger partial charge in [0.15, 0.2) is 23.3 Å². The minimum atomic E-state index is -2.22. The molecule has 0 aliphatic carbocycles. The number of hydrogen-bond donors (Lipinski definition) is 0. The molecule has 0 N–H and O–H groups in total. The number of aryl methyl sites for hydroxylation is 1. The summed E-state index contributed by atoms with van der Waals surface area (Å²) in [5.74, 6) is -10.3. The second-order valence-corrected chi connectivity index (χ2v) is 7.23. The fourth-order valence-electron chi connectivity index (χ4n) is 1.62. The van der Waals surface area contributed by atoms with Crippen molar-refractivity contribution in [2.75, 3.05) is 0 Å². The Morgan fingerprint density at radius 3 is 1.92 bits per heavy atom. The molecule has 0 fully saturated rings. The quantitative estimate of drug-likeness (QED) is 0.147. The molecule has 2 rings (SSSR count). The van der Waals surface area contributed by atoms with Gasteiger partial charge in [-0.3, -0.25) is 0 Å². The molecule has 0 aliphatic rings. The summed E-state index contributed by atoms with van der Waals surface area (Å²) in [6.45, 7) is 1.72. The molecule has 1 nitrogen and oxygen atoms in total. The summed E-state index contributed by atoms with van der Waals surface area (Å²) in [4.78, 5) is 3.73. The first-order valence-electron chi connectivity index (χ1n) is 6.04. The van der Waals surface area contributed by atoms with Crippen LogP contribution in [0, 0.1) is 36.0 Å². The maximum absolute atomic E-state index is 13.4. The normalized spacial score (nSPS) is 10.5. The van der Waals surface area contributed by atoms with Crippen LogP contribution in [-0.2, 0) is 29.7 Å². The van der Waals surface area contributed by atoms with E-state index in [1.165, 1.54) is 6.07 Å². The third kappa shape index (κ3) is 4.89. The van der Waals surface area contributed by atoms with E-state index in [0.29, 0.717) is 10.5 Å². The molecular weight excluding hydrogens is 428 g/mol. The third-order valence-corrected chi connectivity index (χ3v) is 3.32. The fraction of sp³-hybridized carbons (Fsp3) is 0.0714. The molecule has 0 unspecified atom stereocenters. The molecule has 0 radical (unpaired) electrons. The number of benzene rings is 2. The van der Waals surface area contributed by atoms with E-state index in [1.807, 2.05) is 0 Å². The summed E-state index contributed by atoms with van der Waals surface area (Å²) < 4.78 is 65.8. The molecule has 0 heterocycles. The predicted octanol–water partition coefficient (Wildman–Crippen LogP) is 5.72. The summed E-state index contributed by atoms with van der Waals surface area (Å²) in [5, 5.41) is 0. The van der Waals surface area contributed by atoms with Gasteiger partial charge in [-0.25, -0.2) is 26.9 Å². The van der Waals surface area contributed by atoms with Crippen molar-refractivity contribution in [1.29, 1.82) is 0 Å². The Hall–Kier alpha value is -0.726. The second kappa shape index (κ2) is 9.68. The predicted molar refractivity (Wildman–Crippen MR) is 82.0 cm³/mol. The van der Waals surface area contributed by atoms with Gasteiger partial charge in [0.05, 0.1) is 0 Å². The molecule has 0 atom stereocenters. The molecule has 0 bridgehead atoms. The number of halogens is 7. The van der Waals surface area contributed by atoms with Crippen LogP contribution in [0.4, 0.5) is 27.6 Å². The van der Waals surface area contributed by atoms with E-state index in [-0.39, 0.29) is 0 Å². The van der Waals surface area contributed by atoms with Crippen LogP contribution in [0.2, 0.25) is 0 Å². The van der Waals surface area contributed by atoms with Crippen molar-refractivity contribution in [3.8, 4) is 0 Å². The van der Waals surface area contributed by atoms with E-state index >= 15 is 0 Å². The zero-order chi connectivity index (χ0) is 18.4. The second-order valence-electron chi connectivity index (χ2n) is 4.24. The Morgan fingerprint density at radius 1 is 0.958 bits per heavy atom. The Labute approximate surface area is 157 Å². The van der Waals surface area contributed by atoms with Gasteiger partial charge in [-0.2, -0.15) is 4.90 Å². The average Bonchev–Trinajstić information content (AvgIpc) is 2.55. The van der Waals surface area contributed by atoms with Gasteiger partial charge in [-0.1, -0.05) is 23.8 Å². The van der Waals surface area contributed by atoms with Crippen LogP contribution in [0.25, 0.3) is 0 Å². The molecule has 0 saturated heterocycles. The van der Waals surface area contributed by atoms with Crippen LogP contribution >= 0.6 is 18.6 Å². The zero-order valence-electron chi connectivity index (χ0n) is 11.8. The first kappa shape index (κ1) is 21.3. The van der Waals surface area contributed by atoms with Crippen molar-refractivity contribution < 1.29 is 39.0 Å². The molecule has 24 heavy (non-hydrogen) atoms.